The number of amides is 2. The van der Waals surface area contributed by atoms with Crippen molar-refractivity contribution in [1.29, 1.82) is 0 Å². The van der Waals surface area contributed by atoms with Crippen molar-refractivity contribution in [2.75, 3.05) is 66.5 Å². The average molecular weight is 487 g/mol. The lowest BCUT2D eigenvalue weighted by atomic mass is 10.0. The van der Waals surface area contributed by atoms with Crippen LogP contribution < -0.4 is 0 Å². The predicted molar refractivity (Wildman–Crippen MR) is 137 cm³/mol. The average Bonchev–Trinajstić information content (AvgIpc) is 3.52. The number of piperazine rings is 2. The smallest absolute Gasteiger partial charge is 0.257 e. The standard InChI is InChI=1S/C26H30N8O2/c1-30-5-9-32(10-6-30)25(35)19-13-20-21(16-28-24(20)27-15-19)18-3-4-34-23(14-18)22(17-29-34)26(36)33-11-7-31(2)8-12-33/h3-4,13-17H,5-12H2,1-2H3,(H,27,28). The highest BCUT2D eigenvalue weighted by atomic mass is 16.2. The first-order valence-electron chi connectivity index (χ1n) is 12.4. The molecule has 2 aliphatic heterocycles. The number of hydrogen-bond acceptors (Lipinski definition) is 6. The molecule has 0 aromatic carbocycles. The number of H-pyrrole nitrogens is 1. The Labute approximate surface area is 209 Å². The maximum atomic E-state index is 13.3. The van der Waals surface area contributed by atoms with Gasteiger partial charge in [0, 0.05) is 81.9 Å². The van der Waals surface area contributed by atoms with E-state index in [2.05, 4.69) is 39.0 Å². The third-order valence-corrected chi connectivity index (χ3v) is 7.42. The van der Waals surface area contributed by atoms with Gasteiger partial charge in [0.2, 0.25) is 0 Å². The molecule has 2 amide bonds. The van der Waals surface area contributed by atoms with E-state index >= 15 is 0 Å². The van der Waals surface area contributed by atoms with Gasteiger partial charge in [0.15, 0.2) is 0 Å². The second-order valence-electron chi connectivity index (χ2n) is 9.82. The van der Waals surface area contributed by atoms with Gasteiger partial charge in [-0.3, -0.25) is 9.59 Å². The molecule has 0 saturated carbocycles. The summed E-state index contributed by atoms with van der Waals surface area (Å²) >= 11 is 0. The van der Waals surface area contributed by atoms with E-state index in [9.17, 15) is 9.59 Å². The topological polar surface area (TPSA) is 93.1 Å². The fourth-order valence-corrected chi connectivity index (χ4v) is 5.04. The zero-order chi connectivity index (χ0) is 24.8. The van der Waals surface area contributed by atoms with Gasteiger partial charge < -0.3 is 24.6 Å². The molecule has 36 heavy (non-hydrogen) atoms. The second kappa shape index (κ2) is 9.03. The number of nitrogens with zero attached hydrogens (tertiary/aromatic N) is 7. The van der Waals surface area contributed by atoms with Gasteiger partial charge in [-0.25, -0.2) is 9.50 Å². The molecule has 186 valence electrons. The second-order valence-corrected chi connectivity index (χ2v) is 9.82. The predicted octanol–water partition coefficient (Wildman–Crippen LogP) is 1.65. The van der Waals surface area contributed by atoms with Gasteiger partial charge in [0.1, 0.15) is 5.65 Å². The summed E-state index contributed by atoms with van der Waals surface area (Å²) in [6.07, 6.45) is 7.09. The summed E-state index contributed by atoms with van der Waals surface area (Å²) in [4.78, 5) is 42.4. The van der Waals surface area contributed by atoms with Crippen LogP contribution in [0.5, 0.6) is 0 Å². The largest absolute Gasteiger partial charge is 0.346 e. The first-order valence-corrected chi connectivity index (χ1v) is 12.4. The molecule has 4 aromatic rings. The molecular weight excluding hydrogens is 456 g/mol. The third kappa shape index (κ3) is 4.02. The molecule has 10 heteroatoms. The Morgan fingerprint density at radius 2 is 1.53 bits per heavy atom. The van der Waals surface area contributed by atoms with E-state index < -0.39 is 0 Å². The van der Waals surface area contributed by atoms with Crippen molar-refractivity contribution in [3.8, 4) is 11.1 Å². The van der Waals surface area contributed by atoms with Gasteiger partial charge in [0.25, 0.3) is 11.8 Å². The Morgan fingerprint density at radius 3 is 2.22 bits per heavy atom. The normalized spacial score (nSPS) is 17.8. The monoisotopic (exact) mass is 486 g/mol. The number of pyridine rings is 2. The van der Waals surface area contributed by atoms with Crippen molar-refractivity contribution >= 4 is 28.4 Å². The van der Waals surface area contributed by atoms with Crippen LogP contribution in [-0.4, -0.2) is 117 Å². The van der Waals surface area contributed by atoms with Gasteiger partial charge in [-0.1, -0.05) is 0 Å². The Kier molecular flexibility index (Phi) is 5.69. The summed E-state index contributed by atoms with van der Waals surface area (Å²) < 4.78 is 1.74. The van der Waals surface area contributed by atoms with Crippen LogP contribution in [0.15, 0.2) is 43.0 Å². The molecule has 6 rings (SSSR count). The van der Waals surface area contributed by atoms with Crippen molar-refractivity contribution in [3.63, 3.8) is 0 Å². The number of likely N-dealkylation sites (N-methyl/N-ethyl adjacent to an activating group) is 2. The molecule has 0 spiro atoms. The lowest BCUT2D eigenvalue weighted by molar-refractivity contribution is 0.0658. The highest BCUT2D eigenvalue weighted by molar-refractivity contribution is 6.03. The number of carbonyl (C=O) groups excluding carboxylic acids is 2. The van der Waals surface area contributed by atoms with Crippen molar-refractivity contribution in [1.82, 2.24) is 39.2 Å². The van der Waals surface area contributed by atoms with Crippen molar-refractivity contribution in [3.05, 3.63) is 54.1 Å². The molecule has 0 unspecified atom stereocenters. The molecular formula is C26H30N8O2. The zero-order valence-corrected chi connectivity index (χ0v) is 20.6. The summed E-state index contributed by atoms with van der Waals surface area (Å²) in [6, 6.07) is 5.89. The van der Waals surface area contributed by atoms with E-state index in [1.54, 1.807) is 16.9 Å². The van der Waals surface area contributed by atoms with E-state index in [0.29, 0.717) is 24.2 Å². The van der Waals surface area contributed by atoms with E-state index in [0.717, 1.165) is 66.9 Å². The molecule has 4 aromatic heterocycles. The number of aromatic nitrogens is 4. The van der Waals surface area contributed by atoms with E-state index in [1.165, 1.54) is 0 Å². The molecule has 6 heterocycles. The van der Waals surface area contributed by atoms with Crippen LogP contribution in [0.3, 0.4) is 0 Å². The third-order valence-electron chi connectivity index (χ3n) is 7.42. The van der Waals surface area contributed by atoms with Crippen LogP contribution in [0.2, 0.25) is 0 Å². The zero-order valence-electron chi connectivity index (χ0n) is 20.6. The minimum atomic E-state index is 0.0101. The Morgan fingerprint density at radius 1 is 0.861 bits per heavy atom. The number of rotatable bonds is 3. The lowest BCUT2D eigenvalue weighted by Gasteiger charge is -2.32. The van der Waals surface area contributed by atoms with E-state index in [1.807, 2.05) is 40.4 Å². The molecule has 0 aliphatic carbocycles. The molecule has 10 nitrogen and oxygen atoms in total. The van der Waals surface area contributed by atoms with Crippen LogP contribution in [-0.2, 0) is 0 Å². The number of fused-ring (bicyclic) bond motifs is 2. The van der Waals surface area contributed by atoms with Gasteiger partial charge in [-0.05, 0) is 37.9 Å². The van der Waals surface area contributed by atoms with Crippen LogP contribution in [0, 0.1) is 0 Å². The SMILES string of the molecule is CN1CCN(C(=O)c2cnc3[nH]cc(-c4ccn5ncc(C(=O)N6CCN(C)CC6)c5c4)c3c2)CC1. The fraction of sp³-hybridized carbons (Fsp3) is 0.385. The van der Waals surface area contributed by atoms with E-state index in [-0.39, 0.29) is 11.8 Å². The summed E-state index contributed by atoms with van der Waals surface area (Å²) in [6.45, 7) is 6.34. The molecule has 2 saturated heterocycles. The van der Waals surface area contributed by atoms with Gasteiger partial charge in [-0.15, -0.1) is 0 Å². The van der Waals surface area contributed by atoms with Crippen molar-refractivity contribution in [2.45, 2.75) is 0 Å². The quantitative estimate of drug-likeness (QED) is 0.474. The van der Waals surface area contributed by atoms with Crippen LogP contribution in [0.25, 0.3) is 27.7 Å². The summed E-state index contributed by atoms with van der Waals surface area (Å²) in [7, 11) is 4.15. The van der Waals surface area contributed by atoms with Crippen LogP contribution in [0.1, 0.15) is 20.7 Å². The van der Waals surface area contributed by atoms with Crippen LogP contribution >= 0.6 is 0 Å². The molecule has 2 aliphatic rings. The van der Waals surface area contributed by atoms with Crippen molar-refractivity contribution in [2.24, 2.45) is 0 Å². The summed E-state index contributed by atoms with van der Waals surface area (Å²) in [5.74, 6) is 0.0202. The first-order chi connectivity index (χ1) is 17.5. The number of hydrogen-bond donors (Lipinski definition) is 1. The minimum absolute atomic E-state index is 0.0101. The fourth-order valence-electron chi connectivity index (χ4n) is 5.04. The van der Waals surface area contributed by atoms with E-state index in [4.69, 9.17) is 0 Å². The maximum absolute atomic E-state index is 13.3. The highest BCUT2D eigenvalue weighted by Gasteiger charge is 2.24. The first kappa shape index (κ1) is 22.7. The Balaban J connectivity index is 1.33. The molecule has 0 radical (unpaired) electrons. The maximum Gasteiger partial charge on any atom is 0.257 e. The number of aromatic amines is 1. The molecule has 0 atom stereocenters. The van der Waals surface area contributed by atoms with Gasteiger partial charge in [0.05, 0.1) is 22.8 Å². The summed E-state index contributed by atoms with van der Waals surface area (Å²) in [5.41, 5.74) is 4.56. The minimum Gasteiger partial charge on any atom is -0.346 e. The lowest BCUT2D eigenvalue weighted by Crippen LogP contribution is -2.47. The Bertz CT molecular complexity index is 1440. The Hall–Kier alpha value is -3.76. The van der Waals surface area contributed by atoms with Crippen molar-refractivity contribution < 1.29 is 9.59 Å². The highest BCUT2D eigenvalue weighted by Crippen LogP contribution is 2.30. The summed E-state index contributed by atoms with van der Waals surface area (Å²) in [5, 5.41) is 5.29. The number of nitrogens with one attached hydrogen (secondary N) is 1. The molecule has 0 bridgehead atoms. The molecule has 2 fully saturated rings. The van der Waals surface area contributed by atoms with Crippen LogP contribution in [0.4, 0.5) is 0 Å². The number of carbonyl (C=O) groups is 2. The van der Waals surface area contributed by atoms with Gasteiger partial charge in [-0.2, -0.15) is 5.10 Å². The molecule has 1 N–H and O–H groups in total. The van der Waals surface area contributed by atoms with Gasteiger partial charge >= 0.3 is 0 Å².